The predicted molar refractivity (Wildman–Crippen MR) is 65.7 cm³/mol. The number of benzene rings is 1. The number of Topliss-reactive ketones (excluding diaryl/α,β-unsaturated/α-hetero) is 1. The topological polar surface area (TPSA) is 37.3 Å². The molecule has 90 valence electrons. The molecule has 0 amide bonds. The van der Waals surface area contributed by atoms with Crippen molar-refractivity contribution in [3.05, 3.63) is 35.9 Å². The lowest BCUT2D eigenvalue weighted by Crippen LogP contribution is -2.43. The number of rotatable bonds is 1. The molecule has 0 radical (unpaired) electrons. The summed E-state index contributed by atoms with van der Waals surface area (Å²) >= 11 is 0. The molecule has 0 aromatic heterocycles. The Bertz CT molecular complexity index is 426. The first-order valence-corrected chi connectivity index (χ1v) is 6.51. The van der Waals surface area contributed by atoms with Crippen molar-refractivity contribution < 1.29 is 9.90 Å². The highest BCUT2D eigenvalue weighted by Gasteiger charge is 2.52. The van der Waals surface area contributed by atoms with Gasteiger partial charge in [0.05, 0.1) is 11.5 Å². The van der Waals surface area contributed by atoms with Crippen molar-refractivity contribution in [2.45, 2.75) is 43.6 Å². The molecule has 3 rings (SSSR count). The standard InChI is InChI=1S/C15H18O2/c16-13-7-4-9-15(17)10-8-12(14(13)15)11-5-2-1-3-6-11/h1-3,5-6,12,14,17H,4,7-10H2/t12-,14+,15-/m1/s1. The van der Waals surface area contributed by atoms with Crippen molar-refractivity contribution in [3.8, 4) is 0 Å². The molecule has 0 heterocycles. The van der Waals surface area contributed by atoms with Gasteiger partial charge in [0, 0.05) is 6.42 Å². The third-order valence-electron chi connectivity index (χ3n) is 4.48. The van der Waals surface area contributed by atoms with Crippen LogP contribution in [0.5, 0.6) is 0 Å². The zero-order valence-corrected chi connectivity index (χ0v) is 9.93. The van der Waals surface area contributed by atoms with E-state index >= 15 is 0 Å². The lowest BCUT2D eigenvalue weighted by atomic mass is 9.72. The molecule has 0 saturated heterocycles. The Balaban J connectivity index is 1.95. The van der Waals surface area contributed by atoms with Gasteiger partial charge in [0.1, 0.15) is 5.78 Å². The fourth-order valence-electron chi connectivity index (χ4n) is 3.69. The molecule has 0 aliphatic heterocycles. The average Bonchev–Trinajstić information content (AvgIpc) is 2.69. The van der Waals surface area contributed by atoms with E-state index in [1.165, 1.54) is 5.56 Å². The zero-order chi connectivity index (χ0) is 11.9. The second kappa shape index (κ2) is 3.95. The van der Waals surface area contributed by atoms with Crippen LogP contribution in [0.25, 0.3) is 0 Å². The van der Waals surface area contributed by atoms with Gasteiger partial charge in [-0.25, -0.2) is 0 Å². The van der Waals surface area contributed by atoms with Crippen LogP contribution in [-0.2, 0) is 4.79 Å². The summed E-state index contributed by atoms with van der Waals surface area (Å²) in [6, 6.07) is 10.2. The Kier molecular flexibility index (Phi) is 2.55. The fourth-order valence-corrected chi connectivity index (χ4v) is 3.69. The Morgan fingerprint density at radius 3 is 2.71 bits per heavy atom. The predicted octanol–water partition coefficient (Wildman–Crippen LogP) is 2.66. The Morgan fingerprint density at radius 1 is 1.18 bits per heavy atom. The molecule has 2 fully saturated rings. The van der Waals surface area contributed by atoms with E-state index < -0.39 is 5.60 Å². The number of carbonyl (C=O) groups excluding carboxylic acids is 1. The third kappa shape index (κ3) is 1.71. The maximum atomic E-state index is 12.1. The van der Waals surface area contributed by atoms with Gasteiger partial charge in [0.25, 0.3) is 0 Å². The maximum absolute atomic E-state index is 12.1. The minimum atomic E-state index is -0.712. The van der Waals surface area contributed by atoms with Crippen LogP contribution in [0.3, 0.4) is 0 Å². The monoisotopic (exact) mass is 230 g/mol. The second-order valence-corrected chi connectivity index (χ2v) is 5.46. The number of carbonyl (C=O) groups is 1. The smallest absolute Gasteiger partial charge is 0.139 e. The van der Waals surface area contributed by atoms with Gasteiger partial charge in [-0.05, 0) is 37.2 Å². The molecule has 2 saturated carbocycles. The summed E-state index contributed by atoms with van der Waals surface area (Å²) in [6.45, 7) is 0. The van der Waals surface area contributed by atoms with Crippen LogP contribution in [0.4, 0.5) is 0 Å². The molecule has 3 atom stereocenters. The first-order valence-electron chi connectivity index (χ1n) is 6.51. The van der Waals surface area contributed by atoms with E-state index in [2.05, 4.69) is 12.1 Å². The minimum Gasteiger partial charge on any atom is -0.389 e. The van der Waals surface area contributed by atoms with E-state index in [0.29, 0.717) is 6.42 Å². The summed E-state index contributed by atoms with van der Waals surface area (Å²) in [7, 11) is 0. The highest BCUT2D eigenvalue weighted by atomic mass is 16.3. The number of fused-ring (bicyclic) bond motifs is 1. The van der Waals surface area contributed by atoms with Crippen molar-refractivity contribution in [2.24, 2.45) is 5.92 Å². The molecular weight excluding hydrogens is 212 g/mol. The van der Waals surface area contributed by atoms with Gasteiger partial charge in [-0.2, -0.15) is 0 Å². The zero-order valence-electron chi connectivity index (χ0n) is 9.93. The van der Waals surface area contributed by atoms with Crippen molar-refractivity contribution in [1.82, 2.24) is 0 Å². The largest absolute Gasteiger partial charge is 0.389 e. The number of hydrogen-bond acceptors (Lipinski definition) is 2. The molecule has 0 bridgehead atoms. The molecule has 2 aliphatic carbocycles. The molecule has 17 heavy (non-hydrogen) atoms. The summed E-state index contributed by atoms with van der Waals surface area (Å²) < 4.78 is 0. The van der Waals surface area contributed by atoms with Gasteiger partial charge >= 0.3 is 0 Å². The molecule has 0 spiro atoms. The SMILES string of the molecule is O=C1CCC[C@@]2(O)CC[C@H](c3ccccc3)[C@@H]12. The first kappa shape index (κ1) is 11.0. The van der Waals surface area contributed by atoms with Crippen molar-refractivity contribution >= 4 is 5.78 Å². The molecule has 0 unspecified atom stereocenters. The van der Waals surface area contributed by atoms with Gasteiger partial charge in [-0.15, -0.1) is 0 Å². The van der Waals surface area contributed by atoms with E-state index in [9.17, 15) is 9.90 Å². The molecule has 2 heteroatoms. The van der Waals surface area contributed by atoms with Crippen molar-refractivity contribution in [3.63, 3.8) is 0 Å². The highest BCUT2D eigenvalue weighted by Crippen LogP contribution is 2.51. The van der Waals surface area contributed by atoms with E-state index in [0.717, 1.165) is 25.7 Å². The Labute approximate surface area is 102 Å². The number of hydrogen-bond donors (Lipinski definition) is 1. The van der Waals surface area contributed by atoms with E-state index in [1.807, 2.05) is 18.2 Å². The van der Waals surface area contributed by atoms with Crippen molar-refractivity contribution in [2.75, 3.05) is 0 Å². The van der Waals surface area contributed by atoms with Crippen LogP contribution >= 0.6 is 0 Å². The lowest BCUT2D eigenvalue weighted by Gasteiger charge is -2.35. The van der Waals surface area contributed by atoms with Crippen LogP contribution in [-0.4, -0.2) is 16.5 Å². The number of aliphatic hydroxyl groups is 1. The molecule has 2 nitrogen and oxygen atoms in total. The Morgan fingerprint density at radius 2 is 1.94 bits per heavy atom. The van der Waals surface area contributed by atoms with Crippen LogP contribution < -0.4 is 0 Å². The Hall–Kier alpha value is -1.15. The molecule has 1 aromatic rings. The number of ketones is 1. The van der Waals surface area contributed by atoms with Gasteiger partial charge < -0.3 is 5.11 Å². The van der Waals surface area contributed by atoms with Gasteiger partial charge in [-0.1, -0.05) is 30.3 Å². The normalized spacial score (nSPS) is 36.9. The molecular formula is C15H18O2. The van der Waals surface area contributed by atoms with E-state index in [4.69, 9.17) is 0 Å². The van der Waals surface area contributed by atoms with Crippen LogP contribution in [0.15, 0.2) is 30.3 Å². The maximum Gasteiger partial charge on any atom is 0.139 e. The van der Waals surface area contributed by atoms with Crippen LogP contribution in [0.2, 0.25) is 0 Å². The molecule has 1 aromatic carbocycles. The average molecular weight is 230 g/mol. The summed E-state index contributed by atoms with van der Waals surface area (Å²) in [5, 5.41) is 10.6. The second-order valence-electron chi connectivity index (χ2n) is 5.46. The highest BCUT2D eigenvalue weighted by molar-refractivity contribution is 5.84. The van der Waals surface area contributed by atoms with E-state index in [1.54, 1.807) is 0 Å². The third-order valence-corrected chi connectivity index (χ3v) is 4.48. The summed E-state index contributed by atoms with van der Waals surface area (Å²) in [6.07, 6.45) is 4.02. The molecule has 2 aliphatic rings. The summed E-state index contributed by atoms with van der Waals surface area (Å²) in [4.78, 5) is 12.1. The summed E-state index contributed by atoms with van der Waals surface area (Å²) in [5.74, 6) is 0.345. The van der Waals surface area contributed by atoms with Crippen molar-refractivity contribution in [1.29, 1.82) is 0 Å². The van der Waals surface area contributed by atoms with Gasteiger partial charge in [-0.3, -0.25) is 4.79 Å². The lowest BCUT2D eigenvalue weighted by molar-refractivity contribution is -0.136. The first-order chi connectivity index (χ1) is 8.21. The van der Waals surface area contributed by atoms with Gasteiger partial charge in [0.15, 0.2) is 0 Å². The molecule has 1 N–H and O–H groups in total. The fraction of sp³-hybridized carbons (Fsp3) is 0.533. The van der Waals surface area contributed by atoms with Crippen LogP contribution in [0.1, 0.15) is 43.6 Å². The quantitative estimate of drug-likeness (QED) is 0.805. The van der Waals surface area contributed by atoms with Crippen LogP contribution in [0, 0.1) is 5.92 Å². The van der Waals surface area contributed by atoms with E-state index in [-0.39, 0.29) is 17.6 Å². The summed E-state index contributed by atoms with van der Waals surface area (Å²) in [5.41, 5.74) is 0.499. The minimum absolute atomic E-state index is 0.154. The van der Waals surface area contributed by atoms with Gasteiger partial charge in [0.2, 0.25) is 0 Å².